The molecule has 7 heteroatoms. The van der Waals surface area contributed by atoms with Crippen molar-refractivity contribution in [2.24, 2.45) is 5.41 Å². The second-order valence-electron chi connectivity index (χ2n) is 15.9. The molecule has 5 nitrogen and oxygen atoms in total. The Bertz CT molecular complexity index is 2950. The molecule has 0 atom stereocenters. The van der Waals surface area contributed by atoms with Gasteiger partial charge in [-0.3, -0.25) is 0 Å². The average molecular weight is 962 g/mol. The molecule has 0 saturated heterocycles. The molecule has 4 aromatic heterocycles. The van der Waals surface area contributed by atoms with E-state index in [-0.39, 0.29) is 21.1 Å². The third-order valence-electron chi connectivity index (χ3n) is 9.68. The van der Waals surface area contributed by atoms with Gasteiger partial charge in [0.15, 0.2) is 0 Å². The van der Waals surface area contributed by atoms with Gasteiger partial charge in [0.2, 0.25) is 0 Å². The molecule has 274 valence electrons. The summed E-state index contributed by atoms with van der Waals surface area (Å²) in [6, 6.07) is 45.8. The van der Waals surface area contributed by atoms with Gasteiger partial charge in [-0.15, -0.1) is 0 Å². The van der Waals surface area contributed by atoms with Crippen molar-refractivity contribution >= 4 is 61.4 Å². The fourth-order valence-corrected chi connectivity index (χ4v) is 11.2. The van der Waals surface area contributed by atoms with Crippen LogP contribution in [0.25, 0.3) is 71.9 Å². The zero-order valence-corrected chi connectivity index (χ0v) is 36.0. The number of rotatable bonds is 7. The summed E-state index contributed by atoms with van der Waals surface area (Å²) in [5.41, 5.74) is 6.87. The number of para-hydroxylation sites is 2. The minimum Gasteiger partial charge on any atom is -0.0599 e. The molecule has 0 amide bonds. The quantitative estimate of drug-likeness (QED) is 0.118. The standard InChI is InChI=1S/C48H41GeN3O2.Pt/c1-48(2,3)29-31-24-25-50-44(26-31)52-40-18-12-10-16-35(40)36-22-21-34(27-41(36)52)53-43-28-38(39-23-20-33(30-51-39)32-14-8-7-9-15-32)47-45(46(43)49(4,5)6)37-17-11-13-19-42(37)54-47;/h7-26,30H,29H2,1-6H3;/q-2;+2/i29D2;. The molecule has 0 aliphatic rings. The predicted octanol–water partition coefficient (Wildman–Crippen LogP) is 12.3. The van der Waals surface area contributed by atoms with Gasteiger partial charge in [0.05, 0.1) is 0 Å². The van der Waals surface area contributed by atoms with Crippen molar-refractivity contribution in [1.29, 1.82) is 0 Å². The first-order valence-electron chi connectivity index (χ1n) is 19.3. The van der Waals surface area contributed by atoms with E-state index in [1.807, 2.05) is 87.6 Å². The summed E-state index contributed by atoms with van der Waals surface area (Å²) < 4.78 is 34.9. The number of hydrogen-bond donors (Lipinski definition) is 0. The van der Waals surface area contributed by atoms with Crippen LogP contribution in [0.5, 0.6) is 11.5 Å². The molecule has 9 rings (SSSR count). The average Bonchev–Trinajstić information content (AvgIpc) is 3.73. The van der Waals surface area contributed by atoms with Crippen molar-refractivity contribution in [2.75, 3.05) is 0 Å². The maximum absolute atomic E-state index is 9.01. The number of hydrogen-bond acceptors (Lipinski definition) is 4. The summed E-state index contributed by atoms with van der Waals surface area (Å²) in [7, 11) is 0. The van der Waals surface area contributed by atoms with Gasteiger partial charge in [-0.1, -0.05) is 20.8 Å². The van der Waals surface area contributed by atoms with E-state index < -0.39 is 25.1 Å². The van der Waals surface area contributed by atoms with E-state index in [2.05, 4.69) is 82.5 Å². The first kappa shape index (κ1) is 34.5. The number of pyridine rings is 2. The van der Waals surface area contributed by atoms with E-state index in [1.165, 1.54) is 0 Å². The Morgan fingerprint density at radius 2 is 1.53 bits per heavy atom. The molecule has 0 aliphatic heterocycles. The Balaban J connectivity index is 0.00000455. The van der Waals surface area contributed by atoms with Crippen LogP contribution in [-0.2, 0) is 27.4 Å². The SMILES string of the molecule is [2H]C([2H])(c1ccnc(-n2c3[c-]c(Oc4[c-]c(-c5ccc(-c6ccccc6)cn5)c5oc6ccccc6c5[c]4[Ge]([CH3])([CH3])[CH3])ccc3c3ccccc32)c1)C(C)(C)C.[Pt+2]. The number of benzene rings is 5. The summed E-state index contributed by atoms with van der Waals surface area (Å²) in [6.07, 6.45) is 2.01. The Morgan fingerprint density at radius 1 is 0.782 bits per heavy atom. The van der Waals surface area contributed by atoms with E-state index >= 15 is 0 Å². The number of ether oxygens (including phenoxy) is 1. The van der Waals surface area contributed by atoms with Gasteiger partial charge in [0.25, 0.3) is 0 Å². The molecule has 55 heavy (non-hydrogen) atoms. The van der Waals surface area contributed by atoms with Crippen LogP contribution in [0.4, 0.5) is 0 Å². The first-order chi connectivity index (χ1) is 26.8. The number of nitrogens with zero attached hydrogens (tertiary/aromatic N) is 3. The van der Waals surface area contributed by atoms with E-state index in [4.69, 9.17) is 21.9 Å². The van der Waals surface area contributed by atoms with Crippen LogP contribution in [0.3, 0.4) is 0 Å². The summed E-state index contributed by atoms with van der Waals surface area (Å²) >= 11 is -2.76. The normalized spacial score (nSPS) is 12.9. The van der Waals surface area contributed by atoms with E-state index in [1.54, 1.807) is 12.3 Å². The monoisotopic (exact) mass is 962 g/mol. The number of aromatic nitrogens is 3. The van der Waals surface area contributed by atoms with Crippen molar-refractivity contribution in [3.63, 3.8) is 0 Å². The van der Waals surface area contributed by atoms with Crippen molar-refractivity contribution in [1.82, 2.24) is 14.5 Å². The molecule has 4 heterocycles. The first-order valence-corrected chi connectivity index (χ1v) is 25.7. The molecule has 5 aromatic carbocycles. The second-order valence-corrected chi connectivity index (χ2v) is 26.4. The minimum atomic E-state index is -2.76. The zero-order chi connectivity index (χ0) is 39.0. The fraction of sp³-hybridized carbons (Fsp3) is 0.167. The van der Waals surface area contributed by atoms with Crippen LogP contribution in [0.1, 0.15) is 29.1 Å². The van der Waals surface area contributed by atoms with Crippen LogP contribution in [-0.4, -0.2) is 27.8 Å². The van der Waals surface area contributed by atoms with E-state index in [0.29, 0.717) is 22.9 Å². The molecule has 0 radical (unpaired) electrons. The Kier molecular flexibility index (Phi) is 8.96. The van der Waals surface area contributed by atoms with Gasteiger partial charge in [0.1, 0.15) is 0 Å². The topological polar surface area (TPSA) is 53.1 Å². The second kappa shape index (κ2) is 14.3. The van der Waals surface area contributed by atoms with E-state index in [0.717, 1.165) is 70.5 Å². The molecule has 0 spiro atoms. The van der Waals surface area contributed by atoms with Crippen LogP contribution in [0.15, 0.2) is 132 Å². The number of furan rings is 1. The van der Waals surface area contributed by atoms with Gasteiger partial charge < -0.3 is 0 Å². The molecule has 0 saturated carbocycles. The molecular formula is C48H41GeN3O2Pt. The van der Waals surface area contributed by atoms with Gasteiger partial charge >= 0.3 is 323 Å². The molecule has 0 aliphatic carbocycles. The third-order valence-corrected chi connectivity index (χ3v) is 13.8. The third kappa shape index (κ3) is 6.94. The molecule has 0 bridgehead atoms. The molecule has 0 unspecified atom stereocenters. The molecule has 0 N–H and O–H groups in total. The van der Waals surface area contributed by atoms with Crippen molar-refractivity contribution in [2.45, 2.75) is 44.4 Å². The van der Waals surface area contributed by atoms with Crippen molar-refractivity contribution in [3.05, 3.63) is 145 Å². The number of fused-ring (bicyclic) bond motifs is 6. The molecule has 9 aromatic rings. The molecule has 0 fully saturated rings. The Labute approximate surface area is 341 Å². The van der Waals surface area contributed by atoms with Crippen molar-refractivity contribution < 1.29 is 33.0 Å². The van der Waals surface area contributed by atoms with Crippen LogP contribution in [0.2, 0.25) is 17.3 Å². The van der Waals surface area contributed by atoms with E-state index in [9.17, 15) is 0 Å². The van der Waals surface area contributed by atoms with Crippen LogP contribution in [0, 0.1) is 17.5 Å². The zero-order valence-electron chi connectivity index (χ0n) is 33.6. The maximum atomic E-state index is 9.01. The van der Waals surface area contributed by atoms with Crippen molar-refractivity contribution in [3.8, 4) is 39.7 Å². The summed E-state index contributed by atoms with van der Waals surface area (Å²) in [5, 5.41) is 4.14. The summed E-state index contributed by atoms with van der Waals surface area (Å²) in [6.45, 7) is 5.76. The smallest absolute Gasteiger partial charge is 0.0599 e. The van der Waals surface area contributed by atoms with Crippen LogP contribution < -0.4 is 9.13 Å². The Hall–Kier alpha value is -4.97. The molecular weight excluding hydrogens is 918 g/mol. The van der Waals surface area contributed by atoms with Gasteiger partial charge in [-0.2, -0.15) is 0 Å². The summed E-state index contributed by atoms with van der Waals surface area (Å²) in [5.74, 6) is 8.90. The fourth-order valence-electron chi connectivity index (χ4n) is 7.46. The summed E-state index contributed by atoms with van der Waals surface area (Å²) in [4.78, 5) is 9.74. The van der Waals surface area contributed by atoms with Gasteiger partial charge in [0, 0.05) is 0 Å². The van der Waals surface area contributed by atoms with Crippen LogP contribution >= 0.6 is 0 Å². The minimum absolute atomic E-state index is 0. The Morgan fingerprint density at radius 3 is 2.27 bits per heavy atom. The van der Waals surface area contributed by atoms with Gasteiger partial charge in [-0.25, -0.2) is 0 Å². The predicted molar refractivity (Wildman–Crippen MR) is 225 cm³/mol. The van der Waals surface area contributed by atoms with Gasteiger partial charge in [-0.05, 0) is 0 Å².